The summed E-state index contributed by atoms with van der Waals surface area (Å²) in [6.07, 6.45) is -0.605. The number of hydrogen-bond donors (Lipinski definition) is 2. The zero-order chi connectivity index (χ0) is 21.6. The highest BCUT2D eigenvalue weighted by atomic mass is 19.4. The number of H-pyrrole nitrogens is 1. The van der Waals surface area contributed by atoms with Crippen molar-refractivity contribution in [2.24, 2.45) is 0 Å². The second-order valence-electron chi connectivity index (χ2n) is 7.28. The molecule has 3 nitrogen and oxygen atoms in total. The maximum Gasteiger partial charge on any atom is 0.416 e. The van der Waals surface area contributed by atoms with E-state index < -0.39 is 11.7 Å². The topological polar surface area (TPSA) is 39.0 Å². The molecule has 4 aromatic rings. The summed E-state index contributed by atoms with van der Waals surface area (Å²) < 4.78 is 44.9. The summed E-state index contributed by atoms with van der Waals surface area (Å²) in [6, 6.07) is 18.9. The summed E-state index contributed by atoms with van der Waals surface area (Å²) >= 11 is 0. The second kappa shape index (κ2) is 7.16. The third-order valence-corrected chi connectivity index (χ3v) is 5.53. The molecule has 0 saturated carbocycles. The van der Waals surface area contributed by atoms with Crippen LogP contribution >= 0.6 is 0 Å². The fourth-order valence-electron chi connectivity index (χ4n) is 4.06. The number of methoxy groups -OCH3 is 1. The number of para-hydroxylation sites is 2. The zero-order valence-electron chi connectivity index (χ0n) is 16.5. The van der Waals surface area contributed by atoms with Crippen LogP contribution in [0.1, 0.15) is 22.3 Å². The van der Waals surface area contributed by atoms with Crippen molar-refractivity contribution in [2.75, 3.05) is 7.11 Å². The highest BCUT2D eigenvalue weighted by Gasteiger charge is 2.31. The van der Waals surface area contributed by atoms with E-state index in [1.807, 2.05) is 54.9 Å². The molecule has 0 radical (unpaired) electrons. The van der Waals surface area contributed by atoms with E-state index >= 15 is 0 Å². The number of rotatable bonds is 3. The Morgan fingerprint density at radius 1 is 0.935 bits per heavy atom. The van der Waals surface area contributed by atoms with Crippen molar-refractivity contribution < 1.29 is 22.9 Å². The van der Waals surface area contributed by atoms with Crippen LogP contribution in [0.25, 0.3) is 22.0 Å². The van der Waals surface area contributed by atoms with Gasteiger partial charge < -0.3 is 9.72 Å². The van der Waals surface area contributed by atoms with Gasteiger partial charge in [0.25, 0.3) is 5.69 Å². The molecule has 0 spiro atoms. The lowest BCUT2D eigenvalue weighted by Gasteiger charge is -2.12. The number of ether oxygens (including phenoxy) is 1. The van der Waals surface area contributed by atoms with Gasteiger partial charge in [0.2, 0.25) is 0 Å². The maximum absolute atomic E-state index is 13.1. The van der Waals surface area contributed by atoms with Gasteiger partial charge in [0.15, 0.2) is 12.0 Å². The number of benzene rings is 3. The Balaban J connectivity index is 1.79. The number of fused-ring (bicyclic) bond motifs is 2. The Morgan fingerprint density at radius 3 is 2.45 bits per heavy atom. The molecular weight excluding hydrogens is 401 g/mol. The van der Waals surface area contributed by atoms with E-state index in [-0.39, 0.29) is 0 Å². The van der Waals surface area contributed by atoms with Gasteiger partial charge in [-0.15, -0.1) is 0 Å². The molecule has 2 heterocycles. The molecular formula is C25H18F3N2O+. The van der Waals surface area contributed by atoms with Gasteiger partial charge in [0.1, 0.15) is 0 Å². The van der Waals surface area contributed by atoms with Crippen molar-refractivity contribution in [3.8, 4) is 5.75 Å². The van der Waals surface area contributed by atoms with Crippen molar-refractivity contribution >= 4 is 34.0 Å². The summed E-state index contributed by atoms with van der Waals surface area (Å²) in [7, 11) is 1.61. The van der Waals surface area contributed by atoms with E-state index in [4.69, 9.17) is 4.74 Å². The first kappa shape index (κ1) is 19.2. The number of aromatic amines is 1. The van der Waals surface area contributed by atoms with E-state index in [2.05, 4.69) is 9.98 Å². The first-order chi connectivity index (χ1) is 15.0. The third-order valence-electron chi connectivity index (χ3n) is 5.53. The van der Waals surface area contributed by atoms with E-state index in [0.717, 1.165) is 51.0 Å². The van der Waals surface area contributed by atoms with Crippen LogP contribution < -0.4 is 9.73 Å². The average molecular weight is 419 g/mol. The van der Waals surface area contributed by atoms with Crippen molar-refractivity contribution in [3.05, 3.63) is 95.2 Å². The van der Waals surface area contributed by atoms with Crippen LogP contribution in [0.5, 0.6) is 5.75 Å². The standard InChI is InChI=1S/C25H17F3N2O/c1-31-22-8-4-6-18-20(14-30-24(18)22)23(15-9-11-16(12-10-15)25(26,27)28)19-13-29-21-7-3-2-5-17(19)21/h2-14,29H,1H3/p+1/b23-20+. The number of aromatic nitrogens is 1. The van der Waals surface area contributed by atoms with E-state index in [1.54, 1.807) is 7.11 Å². The Morgan fingerprint density at radius 2 is 1.71 bits per heavy atom. The SMILES string of the molecule is COc1cccc2c1[NH+]=C/C2=C(/c1ccc(C(F)(F)F)cc1)c1c[nH]c2ccccc12. The summed E-state index contributed by atoms with van der Waals surface area (Å²) in [5.41, 5.74) is 5.39. The Labute approximate surface area is 176 Å². The first-order valence-corrected chi connectivity index (χ1v) is 9.73. The van der Waals surface area contributed by atoms with Gasteiger partial charge in [0.05, 0.1) is 23.8 Å². The summed E-state index contributed by atoms with van der Waals surface area (Å²) in [5.74, 6) is 0.703. The predicted molar refractivity (Wildman–Crippen MR) is 115 cm³/mol. The van der Waals surface area contributed by atoms with Gasteiger partial charge in [0, 0.05) is 28.2 Å². The molecule has 0 saturated heterocycles. The molecule has 0 bridgehead atoms. The molecule has 0 atom stereocenters. The van der Waals surface area contributed by atoms with Crippen LogP contribution in [0.2, 0.25) is 0 Å². The van der Waals surface area contributed by atoms with Crippen molar-refractivity contribution in [3.63, 3.8) is 0 Å². The molecule has 0 aliphatic carbocycles. The summed E-state index contributed by atoms with van der Waals surface area (Å²) in [6.45, 7) is 0. The Bertz CT molecular complexity index is 1350. The minimum absolute atomic E-state index is 0.671. The third kappa shape index (κ3) is 3.20. The van der Waals surface area contributed by atoms with Crippen molar-refractivity contribution in [2.45, 2.75) is 6.18 Å². The van der Waals surface area contributed by atoms with Crippen LogP contribution in [0.15, 0.2) is 72.9 Å². The Hall–Kier alpha value is -3.80. The van der Waals surface area contributed by atoms with E-state index in [1.165, 1.54) is 12.1 Å². The van der Waals surface area contributed by atoms with Crippen LogP contribution in [0.4, 0.5) is 18.9 Å². The van der Waals surface area contributed by atoms with Crippen molar-refractivity contribution in [1.29, 1.82) is 0 Å². The fraction of sp³-hybridized carbons (Fsp3) is 0.0800. The lowest BCUT2D eigenvalue weighted by Crippen LogP contribution is -2.59. The number of nitrogens with one attached hydrogen (secondary N) is 2. The van der Waals surface area contributed by atoms with Gasteiger partial charge in [-0.3, -0.25) is 0 Å². The van der Waals surface area contributed by atoms with Gasteiger partial charge in [-0.1, -0.05) is 36.4 Å². The van der Waals surface area contributed by atoms with E-state index in [9.17, 15) is 13.2 Å². The monoisotopic (exact) mass is 419 g/mol. The minimum Gasteiger partial charge on any atom is -0.490 e. The molecule has 3 aromatic carbocycles. The van der Waals surface area contributed by atoms with Crippen LogP contribution in [-0.2, 0) is 6.18 Å². The van der Waals surface area contributed by atoms with Crippen LogP contribution in [0.3, 0.4) is 0 Å². The van der Waals surface area contributed by atoms with Gasteiger partial charge >= 0.3 is 6.18 Å². The summed E-state index contributed by atoms with van der Waals surface area (Å²) in [5, 5.41) is 0.995. The van der Waals surface area contributed by atoms with Gasteiger partial charge in [-0.05, 0) is 35.9 Å². The Kier molecular flexibility index (Phi) is 4.43. The second-order valence-corrected chi connectivity index (χ2v) is 7.28. The van der Waals surface area contributed by atoms with Crippen LogP contribution in [-0.4, -0.2) is 18.3 Å². The lowest BCUT2D eigenvalue weighted by molar-refractivity contribution is -0.344. The van der Waals surface area contributed by atoms with Crippen LogP contribution in [0, 0.1) is 0 Å². The lowest BCUT2D eigenvalue weighted by atomic mass is 9.89. The normalized spacial score (nSPS) is 14.7. The highest BCUT2D eigenvalue weighted by Crippen LogP contribution is 2.40. The molecule has 1 aliphatic heterocycles. The summed E-state index contributed by atoms with van der Waals surface area (Å²) in [4.78, 5) is 6.54. The van der Waals surface area contributed by atoms with Gasteiger partial charge in [-0.2, -0.15) is 13.2 Å². The van der Waals surface area contributed by atoms with Gasteiger partial charge in [-0.25, -0.2) is 4.99 Å². The first-order valence-electron chi connectivity index (χ1n) is 9.73. The molecule has 31 heavy (non-hydrogen) atoms. The molecule has 1 aromatic heterocycles. The fourth-order valence-corrected chi connectivity index (χ4v) is 4.06. The smallest absolute Gasteiger partial charge is 0.416 e. The molecule has 2 N–H and O–H groups in total. The maximum atomic E-state index is 13.1. The predicted octanol–water partition coefficient (Wildman–Crippen LogP) is 4.95. The molecule has 0 amide bonds. The molecule has 154 valence electrons. The van der Waals surface area contributed by atoms with Crippen molar-refractivity contribution in [1.82, 2.24) is 4.98 Å². The zero-order valence-corrected chi connectivity index (χ0v) is 16.5. The van der Waals surface area contributed by atoms with E-state index in [0.29, 0.717) is 11.3 Å². The molecule has 5 rings (SSSR count). The average Bonchev–Trinajstić information content (AvgIpc) is 3.39. The molecule has 1 aliphatic rings. The number of allylic oxidation sites excluding steroid dienone is 1. The minimum atomic E-state index is -4.38. The molecule has 6 heteroatoms. The number of alkyl halides is 3. The number of hydrogen-bond acceptors (Lipinski definition) is 1. The quantitative estimate of drug-likeness (QED) is 0.485. The largest absolute Gasteiger partial charge is 0.490 e. The molecule has 0 unspecified atom stereocenters. The molecule has 0 fully saturated rings. The highest BCUT2D eigenvalue weighted by molar-refractivity contribution is 6.25. The number of halogens is 3.